The number of aromatic nitrogens is 1. The SMILES string of the molecule is CC(S[C@@H]1CC(=O)N(Cc2ccc(Oc3ccc(F)cc3)nc2)C1)C(=O)O. The van der Waals surface area contributed by atoms with Crippen LogP contribution in [0.25, 0.3) is 0 Å². The van der Waals surface area contributed by atoms with E-state index in [-0.39, 0.29) is 17.0 Å². The molecule has 8 heteroatoms. The van der Waals surface area contributed by atoms with E-state index in [0.29, 0.717) is 31.1 Å². The number of aliphatic carboxylic acids is 1. The maximum absolute atomic E-state index is 12.9. The van der Waals surface area contributed by atoms with E-state index < -0.39 is 11.2 Å². The number of ether oxygens (including phenoxy) is 1. The predicted octanol–water partition coefficient (Wildman–Crippen LogP) is 3.32. The largest absolute Gasteiger partial charge is 0.480 e. The number of thioether (sulfide) groups is 1. The summed E-state index contributed by atoms with van der Waals surface area (Å²) < 4.78 is 18.5. The lowest BCUT2D eigenvalue weighted by molar-refractivity contribution is -0.136. The van der Waals surface area contributed by atoms with Crippen LogP contribution in [0.5, 0.6) is 11.6 Å². The van der Waals surface area contributed by atoms with Crippen molar-refractivity contribution >= 4 is 23.6 Å². The van der Waals surface area contributed by atoms with Crippen LogP contribution in [0.4, 0.5) is 4.39 Å². The molecule has 0 spiro atoms. The minimum atomic E-state index is -0.869. The monoisotopic (exact) mass is 390 g/mol. The summed E-state index contributed by atoms with van der Waals surface area (Å²) in [5.41, 5.74) is 0.853. The van der Waals surface area contributed by atoms with Crippen molar-refractivity contribution in [3.8, 4) is 11.6 Å². The smallest absolute Gasteiger partial charge is 0.316 e. The van der Waals surface area contributed by atoms with Crippen molar-refractivity contribution in [3.63, 3.8) is 0 Å². The van der Waals surface area contributed by atoms with Gasteiger partial charge in [0.05, 0.1) is 5.25 Å². The fraction of sp³-hybridized carbons (Fsp3) is 0.316. The summed E-state index contributed by atoms with van der Waals surface area (Å²) >= 11 is 1.31. The number of carbonyl (C=O) groups excluding carboxylic acids is 1. The highest BCUT2D eigenvalue weighted by Gasteiger charge is 2.32. The second-order valence-corrected chi connectivity index (χ2v) is 7.92. The first kappa shape index (κ1) is 19.2. The first-order valence-corrected chi connectivity index (χ1v) is 9.39. The summed E-state index contributed by atoms with van der Waals surface area (Å²) in [6.45, 7) is 2.57. The van der Waals surface area contributed by atoms with Gasteiger partial charge in [0.2, 0.25) is 11.8 Å². The van der Waals surface area contributed by atoms with Gasteiger partial charge in [-0.05, 0) is 36.8 Å². The highest BCUT2D eigenvalue weighted by molar-refractivity contribution is 8.01. The summed E-state index contributed by atoms with van der Waals surface area (Å²) in [5, 5.41) is 8.45. The first-order valence-electron chi connectivity index (χ1n) is 8.45. The molecule has 1 aromatic carbocycles. The van der Waals surface area contributed by atoms with E-state index in [4.69, 9.17) is 9.84 Å². The fourth-order valence-electron chi connectivity index (χ4n) is 2.74. The minimum Gasteiger partial charge on any atom is -0.480 e. The third-order valence-electron chi connectivity index (χ3n) is 4.13. The highest BCUT2D eigenvalue weighted by Crippen LogP contribution is 2.28. The van der Waals surface area contributed by atoms with Gasteiger partial charge in [-0.2, -0.15) is 0 Å². The number of hydrogen-bond acceptors (Lipinski definition) is 5. The van der Waals surface area contributed by atoms with E-state index in [1.165, 1.54) is 36.0 Å². The molecular formula is C19H19FN2O4S. The molecule has 1 amide bonds. The van der Waals surface area contributed by atoms with Crippen molar-refractivity contribution < 1.29 is 23.8 Å². The van der Waals surface area contributed by atoms with Gasteiger partial charge in [0.25, 0.3) is 0 Å². The third kappa shape index (κ3) is 5.19. The zero-order valence-electron chi connectivity index (χ0n) is 14.7. The lowest BCUT2D eigenvalue weighted by Crippen LogP contribution is -2.25. The number of hydrogen-bond donors (Lipinski definition) is 1. The Morgan fingerprint density at radius 2 is 2.11 bits per heavy atom. The molecule has 2 aromatic rings. The Bertz CT molecular complexity index is 813. The second kappa shape index (κ2) is 8.39. The number of carboxylic acid groups (broad SMARTS) is 1. The molecule has 2 heterocycles. The third-order valence-corrected chi connectivity index (χ3v) is 5.44. The van der Waals surface area contributed by atoms with E-state index in [9.17, 15) is 14.0 Å². The maximum atomic E-state index is 12.9. The normalized spacial score (nSPS) is 17.8. The van der Waals surface area contributed by atoms with E-state index >= 15 is 0 Å². The highest BCUT2D eigenvalue weighted by atomic mass is 32.2. The van der Waals surface area contributed by atoms with Crippen molar-refractivity contribution in [2.24, 2.45) is 0 Å². The first-order chi connectivity index (χ1) is 12.9. The van der Waals surface area contributed by atoms with Crippen LogP contribution in [-0.2, 0) is 16.1 Å². The Hall–Kier alpha value is -2.61. The van der Waals surface area contributed by atoms with Gasteiger partial charge in [0, 0.05) is 37.0 Å². The van der Waals surface area contributed by atoms with Crippen LogP contribution in [0.3, 0.4) is 0 Å². The number of pyridine rings is 1. The Kier molecular flexibility index (Phi) is 5.95. The molecule has 2 atom stereocenters. The molecule has 0 bridgehead atoms. The number of carboxylic acids is 1. The van der Waals surface area contributed by atoms with Crippen LogP contribution in [0.2, 0.25) is 0 Å². The van der Waals surface area contributed by atoms with Crippen LogP contribution in [0.15, 0.2) is 42.6 Å². The molecule has 1 unspecified atom stereocenters. The van der Waals surface area contributed by atoms with Crippen molar-refractivity contribution in [2.45, 2.75) is 30.4 Å². The van der Waals surface area contributed by atoms with Crippen molar-refractivity contribution in [1.29, 1.82) is 0 Å². The number of carbonyl (C=O) groups is 2. The molecule has 0 radical (unpaired) electrons. The summed E-state index contributed by atoms with van der Waals surface area (Å²) in [6.07, 6.45) is 1.98. The lowest BCUT2D eigenvalue weighted by atomic mass is 10.2. The number of nitrogens with zero attached hydrogens (tertiary/aromatic N) is 2. The molecular weight excluding hydrogens is 371 g/mol. The molecule has 1 aliphatic heterocycles. The van der Waals surface area contributed by atoms with Crippen LogP contribution in [0, 0.1) is 5.82 Å². The minimum absolute atomic E-state index is 0.0109. The van der Waals surface area contributed by atoms with Crippen LogP contribution >= 0.6 is 11.8 Å². The van der Waals surface area contributed by atoms with E-state index in [0.717, 1.165) is 5.56 Å². The average Bonchev–Trinajstić information content (AvgIpc) is 2.97. The number of likely N-dealkylation sites (tertiary alicyclic amines) is 1. The van der Waals surface area contributed by atoms with Gasteiger partial charge in [-0.25, -0.2) is 9.37 Å². The molecule has 1 saturated heterocycles. The zero-order chi connectivity index (χ0) is 19.4. The van der Waals surface area contributed by atoms with Crippen molar-refractivity contribution in [1.82, 2.24) is 9.88 Å². The van der Waals surface area contributed by atoms with Gasteiger partial charge in [-0.1, -0.05) is 6.07 Å². The van der Waals surface area contributed by atoms with Gasteiger partial charge in [0.1, 0.15) is 11.6 Å². The molecule has 27 heavy (non-hydrogen) atoms. The molecule has 142 valence electrons. The van der Waals surface area contributed by atoms with Crippen molar-refractivity contribution in [3.05, 3.63) is 54.0 Å². The predicted molar refractivity (Wildman–Crippen MR) is 99.2 cm³/mol. The van der Waals surface area contributed by atoms with Gasteiger partial charge in [-0.15, -0.1) is 11.8 Å². The van der Waals surface area contributed by atoms with Crippen LogP contribution in [-0.4, -0.2) is 43.9 Å². The number of halogens is 1. The molecule has 0 saturated carbocycles. The van der Waals surface area contributed by atoms with E-state index in [1.807, 2.05) is 6.07 Å². The van der Waals surface area contributed by atoms with Crippen LogP contribution in [0.1, 0.15) is 18.9 Å². The Morgan fingerprint density at radius 3 is 2.74 bits per heavy atom. The molecule has 1 aromatic heterocycles. The van der Waals surface area contributed by atoms with E-state index in [1.54, 1.807) is 24.1 Å². The standard InChI is InChI=1S/C19H19FN2O4S/c1-12(19(24)25)27-16-8-18(23)22(11-16)10-13-2-7-17(21-9-13)26-15-5-3-14(20)4-6-15/h2-7,9,12,16H,8,10-11H2,1H3,(H,24,25)/t12?,16-/m1/s1. The Morgan fingerprint density at radius 1 is 1.37 bits per heavy atom. The zero-order valence-corrected chi connectivity index (χ0v) is 15.5. The summed E-state index contributed by atoms with van der Waals surface area (Å²) in [6, 6.07) is 9.16. The molecule has 3 rings (SSSR count). The Labute approximate surface area is 160 Å². The number of rotatable bonds is 7. The van der Waals surface area contributed by atoms with Gasteiger partial charge < -0.3 is 14.7 Å². The van der Waals surface area contributed by atoms with E-state index in [2.05, 4.69) is 4.98 Å². The summed E-state index contributed by atoms with van der Waals surface area (Å²) in [5.74, 6) is -0.334. The lowest BCUT2D eigenvalue weighted by Gasteiger charge is -2.17. The summed E-state index contributed by atoms with van der Waals surface area (Å²) in [7, 11) is 0. The van der Waals surface area contributed by atoms with Gasteiger partial charge >= 0.3 is 5.97 Å². The van der Waals surface area contributed by atoms with Gasteiger partial charge in [-0.3, -0.25) is 9.59 Å². The Balaban J connectivity index is 1.55. The number of amides is 1. The molecule has 1 aliphatic rings. The van der Waals surface area contributed by atoms with Crippen molar-refractivity contribution in [2.75, 3.05) is 6.54 Å². The molecule has 1 fully saturated rings. The van der Waals surface area contributed by atoms with Crippen LogP contribution < -0.4 is 4.74 Å². The molecule has 1 N–H and O–H groups in total. The number of benzene rings is 1. The fourth-order valence-corrected chi connectivity index (χ4v) is 3.93. The second-order valence-electron chi connectivity index (χ2n) is 6.28. The molecule has 0 aliphatic carbocycles. The average molecular weight is 390 g/mol. The summed E-state index contributed by atoms with van der Waals surface area (Å²) in [4.78, 5) is 29.1. The quantitative estimate of drug-likeness (QED) is 0.781. The molecule has 6 nitrogen and oxygen atoms in total. The topological polar surface area (TPSA) is 79.7 Å². The maximum Gasteiger partial charge on any atom is 0.316 e. The van der Waals surface area contributed by atoms with Gasteiger partial charge in [0.15, 0.2) is 0 Å².